The highest BCUT2D eigenvalue weighted by Crippen LogP contribution is 2.21. The highest BCUT2D eigenvalue weighted by Gasteiger charge is 2.14. The van der Waals surface area contributed by atoms with Crippen molar-refractivity contribution in [2.45, 2.75) is 11.4 Å². The number of halogens is 1. The van der Waals surface area contributed by atoms with Gasteiger partial charge in [0.15, 0.2) is 5.11 Å². The van der Waals surface area contributed by atoms with Gasteiger partial charge in [0.2, 0.25) is 10.0 Å². The lowest BCUT2D eigenvalue weighted by Crippen LogP contribution is -2.23. The van der Waals surface area contributed by atoms with E-state index in [1.54, 1.807) is 36.4 Å². The highest BCUT2D eigenvalue weighted by molar-refractivity contribution is 7.89. The Hall–Kier alpha value is -2.39. The fraction of sp³-hybridized carbons (Fsp3) is 0.0556. The Kier molecular flexibility index (Phi) is 6.12. The first-order valence-electron chi connectivity index (χ1n) is 7.89. The first-order chi connectivity index (χ1) is 12.9. The molecule has 6 nitrogen and oxygen atoms in total. The summed E-state index contributed by atoms with van der Waals surface area (Å²) in [5.41, 5.74) is 1.32. The molecular formula is C18H16ClN3O3S2. The minimum atomic E-state index is -3.64. The molecule has 0 aliphatic rings. The maximum Gasteiger partial charge on any atom is 0.240 e. The van der Waals surface area contributed by atoms with Crippen LogP contribution in [0, 0.1) is 0 Å². The van der Waals surface area contributed by atoms with Crippen LogP contribution in [0.25, 0.3) is 0 Å². The minimum absolute atomic E-state index is 0.0845. The van der Waals surface area contributed by atoms with E-state index < -0.39 is 10.0 Å². The van der Waals surface area contributed by atoms with Crippen molar-refractivity contribution in [3.8, 4) is 0 Å². The van der Waals surface area contributed by atoms with E-state index in [0.717, 1.165) is 0 Å². The minimum Gasteiger partial charge on any atom is -0.468 e. The smallest absolute Gasteiger partial charge is 0.240 e. The summed E-state index contributed by atoms with van der Waals surface area (Å²) in [6, 6.07) is 16.8. The van der Waals surface area contributed by atoms with E-state index in [-0.39, 0.29) is 11.4 Å². The summed E-state index contributed by atoms with van der Waals surface area (Å²) in [6.45, 7) is 0.0845. The van der Waals surface area contributed by atoms with Crippen molar-refractivity contribution >= 4 is 50.3 Å². The van der Waals surface area contributed by atoms with Crippen LogP contribution in [0.15, 0.2) is 76.2 Å². The zero-order chi connectivity index (χ0) is 19.3. The van der Waals surface area contributed by atoms with Crippen LogP contribution in [0.3, 0.4) is 0 Å². The summed E-state index contributed by atoms with van der Waals surface area (Å²) >= 11 is 11.3. The number of furan rings is 1. The predicted molar refractivity (Wildman–Crippen MR) is 110 cm³/mol. The second kappa shape index (κ2) is 8.53. The topological polar surface area (TPSA) is 83.4 Å². The van der Waals surface area contributed by atoms with Crippen LogP contribution >= 0.6 is 23.8 Å². The van der Waals surface area contributed by atoms with E-state index in [2.05, 4.69) is 15.4 Å². The SMILES string of the molecule is O=S(=O)(NCc1ccco1)c1ccc(NC(=S)Nc2ccccc2Cl)cc1. The summed E-state index contributed by atoms with van der Waals surface area (Å²) in [5.74, 6) is 0.535. The fourth-order valence-electron chi connectivity index (χ4n) is 2.23. The van der Waals surface area contributed by atoms with Gasteiger partial charge >= 0.3 is 0 Å². The summed E-state index contributed by atoms with van der Waals surface area (Å²) < 4.78 is 32.2. The maximum absolute atomic E-state index is 12.3. The van der Waals surface area contributed by atoms with Gasteiger partial charge < -0.3 is 15.1 Å². The Morgan fingerprint density at radius 2 is 1.74 bits per heavy atom. The van der Waals surface area contributed by atoms with Gasteiger partial charge in [0.25, 0.3) is 0 Å². The zero-order valence-corrected chi connectivity index (χ0v) is 16.4. The second-order valence-corrected chi connectivity index (χ2v) is 8.07. The average Bonchev–Trinajstić information content (AvgIpc) is 3.16. The van der Waals surface area contributed by atoms with Gasteiger partial charge in [0.1, 0.15) is 5.76 Å². The molecule has 0 bridgehead atoms. The molecule has 0 saturated heterocycles. The number of hydrogen-bond donors (Lipinski definition) is 3. The van der Waals surface area contributed by atoms with Gasteiger partial charge in [0, 0.05) is 5.69 Å². The molecule has 0 saturated carbocycles. The molecule has 3 N–H and O–H groups in total. The number of hydrogen-bond acceptors (Lipinski definition) is 4. The lowest BCUT2D eigenvalue weighted by Gasteiger charge is -2.12. The van der Waals surface area contributed by atoms with Gasteiger partial charge in [-0.2, -0.15) is 0 Å². The van der Waals surface area contributed by atoms with Crippen molar-refractivity contribution in [3.63, 3.8) is 0 Å². The Balaban J connectivity index is 1.61. The largest absolute Gasteiger partial charge is 0.468 e. The summed E-state index contributed by atoms with van der Waals surface area (Å²) in [6.07, 6.45) is 1.49. The van der Waals surface area contributed by atoms with Crippen LogP contribution in [-0.2, 0) is 16.6 Å². The van der Waals surface area contributed by atoms with E-state index in [0.29, 0.717) is 27.3 Å². The number of para-hydroxylation sites is 1. The standard InChI is InChI=1S/C18H16ClN3O3S2/c19-16-5-1-2-6-17(16)22-18(26)21-13-7-9-15(10-8-13)27(23,24)20-12-14-4-3-11-25-14/h1-11,20H,12H2,(H2,21,22,26). The number of nitrogens with one attached hydrogen (secondary N) is 3. The molecule has 0 amide bonds. The van der Waals surface area contributed by atoms with Gasteiger partial charge in [-0.1, -0.05) is 23.7 Å². The first kappa shape index (κ1) is 19.4. The third kappa shape index (κ3) is 5.30. The fourth-order valence-corrected chi connectivity index (χ4v) is 3.63. The van der Waals surface area contributed by atoms with Crippen molar-refractivity contribution in [3.05, 3.63) is 77.7 Å². The molecule has 2 aromatic carbocycles. The predicted octanol–water partition coefficient (Wildman–Crippen LogP) is 4.22. The van der Waals surface area contributed by atoms with Gasteiger partial charge in [-0.3, -0.25) is 0 Å². The van der Waals surface area contributed by atoms with Crippen LogP contribution < -0.4 is 15.4 Å². The third-order valence-electron chi connectivity index (χ3n) is 3.56. The summed E-state index contributed by atoms with van der Waals surface area (Å²) in [5, 5.41) is 6.86. The van der Waals surface area contributed by atoms with Crippen LogP contribution in [0.4, 0.5) is 11.4 Å². The number of thiocarbonyl (C=S) groups is 1. The Morgan fingerprint density at radius 3 is 2.41 bits per heavy atom. The molecule has 3 aromatic rings. The number of sulfonamides is 1. The Bertz CT molecular complexity index is 1020. The van der Waals surface area contributed by atoms with Crippen molar-refractivity contribution in [2.75, 3.05) is 10.6 Å². The Labute approximate surface area is 167 Å². The van der Waals surface area contributed by atoms with Crippen molar-refractivity contribution < 1.29 is 12.8 Å². The molecule has 1 heterocycles. The number of anilines is 2. The summed E-state index contributed by atoms with van der Waals surface area (Å²) in [7, 11) is -3.64. The molecule has 0 atom stereocenters. The van der Waals surface area contributed by atoms with Crippen molar-refractivity contribution in [2.24, 2.45) is 0 Å². The molecule has 0 fully saturated rings. The lowest BCUT2D eigenvalue weighted by atomic mass is 10.3. The molecule has 0 spiro atoms. The zero-order valence-electron chi connectivity index (χ0n) is 14.0. The second-order valence-electron chi connectivity index (χ2n) is 5.49. The van der Waals surface area contributed by atoms with Crippen molar-refractivity contribution in [1.82, 2.24) is 4.72 Å². The molecule has 0 radical (unpaired) electrons. The average molecular weight is 422 g/mol. The van der Waals surface area contributed by atoms with E-state index in [4.69, 9.17) is 28.2 Å². The molecule has 0 aliphatic heterocycles. The molecule has 9 heteroatoms. The van der Waals surface area contributed by atoms with E-state index in [1.807, 2.05) is 12.1 Å². The monoisotopic (exact) mass is 421 g/mol. The highest BCUT2D eigenvalue weighted by atomic mass is 35.5. The molecular weight excluding hydrogens is 406 g/mol. The van der Waals surface area contributed by atoms with Crippen LogP contribution in [-0.4, -0.2) is 13.5 Å². The normalized spacial score (nSPS) is 11.1. The molecule has 0 aliphatic carbocycles. The Morgan fingerprint density at radius 1 is 1.00 bits per heavy atom. The van der Waals surface area contributed by atoms with E-state index in [1.165, 1.54) is 18.4 Å². The first-order valence-corrected chi connectivity index (χ1v) is 10.2. The summed E-state index contributed by atoms with van der Waals surface area (Å²) in [4.78, 5) is 0.143. The van der Waals surface area contributed by atoms with Crippen LogP contribution in [0.5, 0.6) is 0 Å². The van der Waals surface area contributed by atoms with Gasteiger partial charge in [-0.15, -0.1) is 0 Å². The van der Waals surface area contributed by atoms with Gasteiger partial charge in [-0.05, 0) is 60.7 Å². The third-order valence-corrected chi connectivity index (χ3v) is 5.51. The van der Waals surface area contributed by atoms with E-state index >= 15 is 0 Å². The van der Waals surface area contributed by atoms with Gasteiger partial charge in [0.05, 0.1) is 28.4 Å². The lowest BCUT2D eigenvalue weighted by molar-refractivity contribution is 0.498. The quantitative estimate of drug-likeness (QED) is 0.517. The maximum atomic E-state index is 12.3. The molecule has 0 unspecified atom stereocenters. The van der Waals surface area contributed by atoms with Crippen LogP contribution in [0.1, 0.15) is 5.76 Å². The molecule has 3 rings (SSSR count). The van der Waals surface area contributed by atoms with E-state index in [9.17, 15) is 8.42 Å². The molecule has 140 valence electrons. The number of rotatable bonds is 6. The van der Waals surface area contributed by atoms with Gasteiger partial charge in [-0.25, -0.2) is 13.1 Å². The van der Waals surface area contributed by atoms with Crippen LogP contribution in [0.2, 0.25) is 5.02 Å². The number of benzene rings is 2. The molecule has 27 heavy (non-hydrogen) atoms. The van der Waals surface area contributed by atoms with Crippen molar-refractivity contribution in [1.29, 1.82) is 0 Å². The molecule has 1 aromatic heterocycles.